The lowest BCUT2D eigenvalue weighted by atomic mass is 10.1. The van der Waals surface area contributed by atoms with Gasteiger partial charge in [0.1, 0.15) is 5.75 Å². The summed E-state index contributed by atoms with van der Waals surface area (Å²) in [6.07, 6.45) is -0.125. The van der Waals surface area contributed by atoms with Gasteiger partial charge in [-0.2, -0.15) is 0 Å². The maximum atomic E-state index is 13.0. The Bertz CT molecular complexity index is 995. The van der Waals surface area contributed by atoms with Crippen molar-refractivity contribution >= 4 is 21.6 Å². The first-order valence-electron chi connectivity index (χ1n) is 10.0. The first kappa shape index (κ1) is 22.1. The third-order valence-corrected chi connectivity index (χ3v) is 6.37. The number of benzene rings is 2. The van der Waals surface area contributed by atoms with Gasteiger partial charge < -0.3 is 14.4 Å². The van der Waals surface area contributed by atoms with Crippen LogP contribution in [0.2, 0.25) is 0 Å². The molecule has 1 N–H and O–H groups in total. The lowest BCUT2D eigenvalue weighted by Crippen LogP contribution is -2.48. The van der Waals surface area contributed by atoms with Gasteiger partial charge in [0, 0.05) is 24.3 Å². The second-order valence-corrected chi connectivity index (χ2v) is 9.16. The van der Waals surface area contributed by atoms with Crippen LogP contribution in [-0.4, -0.2) is 51.1 Å². The molecule has 30 heavy (non-hydrogen) atoms. The Hall–Kier alpha value is -2.58. The fourth-order valence-electron chi connectivity index (χ4n) is 3.54. The van der Waals surface area contributed by atoms with E-state index < -0.39 is 10.0 Å². The van der Waals surface area contributed by atoms with Crippen LogP contribution in [-0.2, 0) is 14.8 Å². The number of ether oxygens (including phenoxy) is 2. The highest BCUT2D eigenvalue weighted by Gasteiger charge is 2.28. The van der Waals surface area contributed by atoms with Crippen molar-refractivity contribution in [1.29, 1.82) is 0 Å². The van der Waals surface area contributed by atoms with E-state index in [0.29, 0.717) is 42.3 Å². The molecular formula is C22H28N2O5S. The standard InChI is InChI=1S/C22H28N2O5S/c1-5-28-20-10-8-19(9-11-20)23-30(26,27)21-12-18(7-6-15(21)2)22(25)24-13-16(3)29-17(4)14-24/h6-12,16-17,23H,5,13-14H2,1-4H3/t16-,17+. The van der Waals surface area contributed by atoms with Gasteiger partial charge >= 0.3 is 0 Å². The Morgan fingerprint density at radius 1 is 1.13 bits per heavy atom. The first-order valence-corrected chi connectivity index (χ1v) is 11.5. The maximum Gasteiger partial charge on any atom is 0.262 e. The number of carbonyl (C=O) groups excluding carboxylic acids is 1. The van der Waals surface area contributed by atoms with Crippen LogP contribution in [0.5, 0.6) is 5.75 Å². The van der Waals surface area contributed by atoms with Crippen LogP contribution in [0, 0.1) is 6.92 Å². The number of nitrogens with one attached hydrogen (secondary N) is 1. The summed E-state index contributed by atoms with van der Waals surface area (Å²) in [5.74, 6) is 0.465. The zero-order valence-corrected chi connectivity index (χ0v) is 18.5. The molecule has 1 saturated heterocycles. The van der Waals surface area contributed by atoms with Gasteiger partial charge in [0.25, 0.3) is 15.9 Å². The normalized spacial score (nSPS) is 19.4. The van der Waals surface area contributed by atoms with Crippen LogP contribution in [0.4, 0.5) is 5.69 Å². The van der Waals surface area contributed by atoms with E-state index >= 15 is 0 Å². The molecular weight excluding hydrogens is 404 g/mol. The molecule has 1 aliphatic heterocycles. The predicted molar refractivity (Wildman–Crippen MR) is 116 cm³/mol. The molecule has 0 aliphatic carbocycles. The van der Waals surface area contributed by atoms with Gasteiger partial charge in [-0.15, -0.1) is 0 Å². The van der Waals surface area contributed by atoms with Gasteiger partial charge in [0.2, 0.25) is 0 Å². The molecule has 1 heterocycles. The minimum absolute atomic E-state index is 0.0623. The Labute approximate surface area is 178 Å². The minimum Gasteiger partial charge on any atom is -0.494 e. The van der Waals surface area contributed by atoms with Crippen molar-refractivity contribution in [2.24, 2.45) is 0 Å². The van der Waals surface area contributed by atoms with Crippen LogP contribution in [0.25, 0.3) is 0 Å². The fraction of sp³-hybridized carbons (Fsp3) is 0.409. The summed E-state index contributed by atoms with van der Waals surface area (Å²) < 4.78 is 39.6. The maximum absolute atomic E-state index is 13.0. The number of morpholine rings is 1. The SMILES string of the molecule is CCOc1ccc(NS(=O)(=O)c2cc(C(=O)N3C[C@@H](C)O[C@@H](C)C3)ccc2C)cc1. The van der Waals surface area contributed by atoms with Crippen molar-refractivity contribution in [2.45, 2.75) is 44.8 Å². The summed E-state index contributed by atoms with van der Waals surface area (Å²) in [5.41, 5.74) is 1.33. The molecule has 0 spiro atoms. The van der Waals surface area contributed by atoms with E-state index in [0.717, 1.165) is 0 Å². The van der Waals surface area contributed by atoms with Gasteiger partial charge in [-0.05, 0) is 69.7 Å². The zero-order valence-electron chi connectivity index (χ0n) is 17.7. The molecule has 7 nitrogen and oxygen atoms in total. The number of carbonyl (C=O) groups is 1. The van der Waals surface area contributed by atoms with E-state index in [1.54, 1.807) is 48.2 Å². The van der Waals surface area contributed by atoms with E-state index in [1.165, 1.54) is 6.07 Å². The number of hydrogen-bond donors (Lipinski definition) is 1. The average molecular weight is 433 g/mol. The molecule has 0 bridgehead atoms. The number of amides is 1. The second kappa shape index (κ2) is 9.06. The summed E-state index contributed by atoms with van der Waals surface area (Å²) in [7, 11) is -3.86. The van der Waals surface area contributed by atoms with Crippen molar-refractivity contribution in [3.63, 3.8) is 0 Å². The molecule has 0 saturated carbocycles. The van der Waals surface area contributed by atoms with Crippen LogP contribution in [0.15, 0.2) is 47.4 Å². The number of nitrogens with zero attached hydrogens (tertiary/aromatic N) is 1. The molecule has 162 valence electrons. The van der Waals surface area contributed by atoms with Crippen LogP contribution in [0.3, 0.4) is 0 Å². The molecule has 2 atom stereocenters. The summed E-state index contributed by atoms with van der Waals surface area (Å²) in [4.78, 5) is 14.8. The van der Waals surface area contributed by atoms with Crippen LogP contribution >= 0.6 is 0 Å². The van der Waals surface area contributed by atoms with E-state index in [-0.39, 0.29) is 23.0 Å². The van der Waals surface area contributed by atoms with E-state index in [4.69, 9.17) is 9.47 Å². The van der Waals surface area contributed by atoms with E-state index in [1.807, 2.05) is 20.8 Å². The number of aryl methyl sites for hydroxylation is 1. The molecule has 0 unspecified atom stereocenters. The summed E-state index contributed by atoms with van der Waals surface area (Å²) in [5, 5.41) is 0. The quantitative estimate of drug-likeness (QED) is 0.756. The number of hydrogen-bond acceptors (Lipinski definition) is 5. The van der Waals surface area contributed by atoms with Gasteiger partial charge in [0.15, 0.2) is 0 Å². The molecule has 2 aromatic rings. The third-order valence-electron chi connectivity index (χ3n) is 4.85. The van der Waals surface area contributed by atoms with Crippen LogP contribution < -0.4 is 9.46 Å². The molecule has 2 aromatic carbocycles. The summed E-state index contributed by atoms with van der Waals surface area (Å²) >= 11 is 0. The van der Waals surface area contributed by atoms with Gasteiger partial charge in [-0.1, -0.05) is 6.07 Å². The summed E-state index contributed by atoms with van der Waals surface area (Å²) in [6, 6.07) is 11.5. The van der Waals surface area contributed by atoms with Crippen molar-refractivity contribution in [3.8, 4) is 5.75 Å². The van der Waals surface area contributed by atoms with E-state index in [2.05, 4.69) is 4.72 Å². The second-order valence-electron chi connectivity index (χ2n) is 7.51. The average Bonchev–Trinajstić information content (AvgIpc) is 2.68. The van der Waals surface area contributed by atoms with E-state index in [9.17, 15) is 13.2 Å². The van der Waals surface area contributed by atoms with Crippen molar-refractivity contribution in [1.82, 2.24) is 4.90 Å². The lowest BCUT2D eigenvalue weighted by Gasteiger charge is -2.35. The van der Waals surface area contributed by atoms with Crippen molar-refractivity contribution in [3.05, 3.63) is 53.6 Å². The number of sulfonamides is 1. The number of anilines is 1. The molecule has 3 rings (SSSR count). The molecule has 8 heteroatoms. The predicted octanol–water partition coefficient (Wildman–Crippen LogP) is 3.44. The molecule has 1 aliphatic rings. The van der Waals surface area contributed by atoms with Gasteiger partial charge in [-0.3, -0.25) is 9.52 Å². The highest BCUT2D eigenvalue weighted by Crippen LogP contribution is 2.24. The zero-order chi connectivity index (χ0) is 21.9. The first-order chi connectivity index (χ1) is 14.2. The molecule has 1 fully saturated rings. The monoisotopic (exact) mass is 432 g/mol. The smallest absolute Gasteiger partial charge is 0.262 e. The highest BCUT2D eigenvalue weighted by atomic mass is 32.2. The third kappa shape index (κ3) is 5.12. The Kier molecular flexibility index (Phi) is 6.67. The van der Waals surface area contributed by atoms with Gasteiger partial charge in [0.05, 0.1) is 23.7 Å². The highest BCUT2D eigenvalue weighted by molar-refractivity contribution is 7.92. The van der Waals surface area contributed by atoms with Gasteiger partial charge in [-0.25, -0.2) is 8.42 Å². The Morgan fingerprint density at radius 2 is 1.77 bits per heavy atom. The molecule has 1 amide bonds. The van der Waals surface area contributed by atoms with Crippen molar-refractivity contribution < 1.29 is 22.7 Å². The van der Waals surface area contributed by atoms with Crippen molar-refractivity contribution in [2.75, 3.05) is 24.4 Å². The number of rotatable bonds is 6. The minimum atomic E-state index is -3.86. The fourth-order valence-corrected chi connectivity index (χ4v) is 4.88. The largest absolute Gasteiger partial charge is 0.494 e. The molecule has 0 aromatic heterocycles. The lowest BCUT2D eigenvalue weighted by molar-refractivity contribution is -0.0586. The molecule has 0 radical (unpaired) electrons. The topological polar surface area (TPSA) is 84.9 Å². The Balaban J connectivity index is 1.83. The Morgan fingerprint density at radius 3 is 2.37 bits per heavy atom. The summed E-state index contributed by atoms with van der Waals surface area (Å²) in [6.45, 7) is 8.91. The van der Waals surface area contributed by atoms with Crippen LogP contribution in [0.1, 0.15) is 36.7 Å².